The molecule has 0 bridgehead atoms. The lowest BCUT2D eigenvalue weighted by Gasteiger charge is -2.25. The van der Waals surface area contributed by atoms with Crippen molar-refractivity contribution < 1.29 is 0 Å². The van der Waals surface area contributed by atoms with Crippen molar-refractivity contribution in [3.63, 3.8) is 0 Å². The van der Waals surface area contributed by atoms with Crippen LogP contribution in [0.3, 0.4) is 0 Å². The van der Waals surface area contributed by atoms with Gasteiger partial charge >= 0.3 is 0 Å². The van der Waals surface area contributed by atoms with Crippen molar-refractivity contribution >= 4 is 0 Å². The van der Waals surface area contributed by atoms with Crippen molar-refractivity contribution in [2.75, 3.05) is 0 Å². The Morgan fingerprint density at radius 3 is 3.08 bits per heavy atom. The molecule has 1 aliphatic heterocycles. The van der Waals surface area contributed by atoms with E-state index < -0.39 is 0 Å². The second-order valence-corrected chi connectivity index (χ2v) is 3.89. The predicted molar refractivity (Wildman–Crippen MR) is 55.8 cm³/mol. The Bertz CT molecular complexity index is 290. The molecule has 1 aromatic rings. The van der Waals surface area contributed by atoms with Gasteiger partial charge in [0.25, 0.3) is 0 Å². The predicted octanol–water partition coefficient (Wildman–Crippen LogP) is 2.28. The van der Waals surface area contributed by atoms with Crippen LogP contribution in [-0.4, -0.2) is 6.04 Å². The highest BCUT2D eigenvalue weighted by Gasteiger charge is 2.15. The van der Waals surface area contributed by atoms with Crippen molar-refractivity contribution in [3.05, 3.63) is 34.9 Å². The molecular formula is C12H17N. The molecular weight excluding hydrogens is 158 g/mol. The molecule has 0 fully saturated rings. The first kappa shape index (κ1) is 8.76. The number of hydrogen-bond acceptors (Lipinski definition) is 1. The van der Waals surface area contributed by atoms with Crippen LogP contribution in [0.1, 0.15) is 30.5 Å². The van der Waals surface area contributed by atoms with Gasteiger partial charge in [0.15, 0.2) is 0 Å². The van der Waals surface area contributed by atoms with E-state index in [9.17, 15) is 0 Å². The largest absolute Gasteiger partial charge is 0.310 e. The standard InChI is InChI=1S/C12H17N/c1-3-10-5-4-6-11-8-13-9(2)7-12(10)11/h4-6,9,13H,3,7-8H2,1-2H3/t9-/m1/s1. The molecule has 70 valence electrons. The zero-order valence-corrected chi connectivity index (χ0v) is 8.43. The first-order valence-electron chi connectivity index (χ1n) is 5.14. The third-order valence-corrected chi connectivity index (χ3v) is 2.90. The summed E-state index contributed by atoms with van der Waals surface area (Å²) in [7, 11) is 0. The van der Waals surface area contributed by atoms with Gasteiger partial charge in [-0.15, -0.1) is 0 Å². The van der Waals surface area contributed by atoms with E-state index in [0.29, 0.717) is 6.04 Å². The van der Waals surface area contributed by atoms with Crippen molar-refractivity contribution in [2.24, 2.45) is 0 Å². The van der Waals surface area contributed by atoms with Gasteiger partial charge in [0.2, 0.25) is 0 Å². The monoisotopic (exact) mass is 175 g/mol. The summed E-state index contributed by atoms with van der Waals surface area (Å²) in [6.45, 7) is 5.54. The number of rotatable bonds is 1. The Hall–Kier alpha value is -0.820. The molecule has 0 unspecified atom stereocenters. The van der Waals surface area contributed by atoms with Crippen molar-refractivity contribution in [1.82, 2.24) is 5.32 Å². The smallest absolute Gasteiger partial charge is 0.0210 e. The molecule has 0 saturated carbocycles. The lowest BCUT2D eigenvalue weighted by molar-refractivity contribution is 0.511. The molecule has 1 nitrogen and oxygen atoms in total. The molecule has 1 aromatic carbocycles. The van der Waals surface area contributed by atoms with E-state index in [1.54, 1.807) is 5.56 Å². The molecule has 2 rings (SSSR count). The van der Waals surface area contributed by atoms with Gasteiger partial charge in [0, 0.05) is 12.6 Å². The maximum Gasteiger partial charge on any atom is 0.0210 e. The Morgan fingerprint density at radius 2 is 2.31 bits per heavy atom. The number of benzene rings is 1. The van der Waals surface area contributed by atoms with Crippen molar-refractivity contribution in [1.29, 1.82) is 0 Å². The van der Waals surface area contributed by atoms with Crippen molar-refractivity contribution in [3.8, 4) is 0 Å². The molecule has 1 heterocycles. The number of hydrogen-bond donors (Lipinski definition) is 1. The molecule has 1 aliphatic rings. The van der Waals surface area contributed by atoms with E-state index in [2.05, 4.69) is 37.4 Å². The van der Waals surface area contributed by atoms with Crippen LogP contribution < -0.4 is 5.32 Å². The molecule has 13 heavy (non-hydrogen) atoms. The van der Waals surface area contributed by atoms with Crippen LogP contribution in [0.4, 0.5) is 0 Å². The van der Waals surface area contributed by atoms with E-state index in [0.717, 1.165) is 13.0 Å². The summed E-state index contributed by atoms with van der Waals surface area (Å²) in [5.41, 5.74) is 4.62. The van der Waals surface area contributed by atoms with Gasteiger partial charge in [-0.05, 0) is 36.5 Å². The molecule has 0 spiro atoms. The molecule has 0 aromatic heterocycles. The fourth-order valence-electron chi connectivity index (χ4n) is 2.11. The van der Waals surface area contributed by atoms with Crippen LogP contribution in [0.2, 0.25) is 0 Å². The highest BCUT2D eigenvalue weighted by atomic mass is 14.9. The van der Waals surface area contributed by atoms with Gasteiger partial charge in [0.1, 0.15) is 0 Å². The van der Waals surface area contributed by atoms with Crippen LogP contribution in [0.5, 0.6) is 0 Å². The minimum absolute atomic E-state index is 0.639. The average Bonchev–Trinajstić information content (AvgIpc) is 2.17. The normalized spacial score (nSPS) is 21.2. The van der Waals surface area contributed by atoms with Gasteiger partial charge in [-0.25, -0.2) is 0 Å². The topological polar surface area (TPSA) is 12.0 Å². The Morgan fingerprint density at radius 1 is 1.46 bits per heavy atom. The summed E-state index contributed by atoms with van der Waals surface area (Å²) in [6.07, 6.45) is 2.36. The quantitative estimate of drug-likeness (QED) is 0.690. The fourth-order valence-corrected chi connectivity index (χ4v) is 2.11. The van der Waals surface area contributed by atoms with Crippen LogP contribution in [0, 0.1) is 0 Å². The third kappa shape index (κ3) is 1.61. The second-order valence-electron chi connectivity index (χ2n) is 3.89. The van der Waals surface area contributed by atoms with Crippen LogP contribution >= 0.6 is 0 Å². The first-order valence-corrected chi connectivity index (χ1v) is 5.14. The number of aryl methyl sites for hydroxylation is 1. The van der Waals surface area contributed by atoms with Gasteiger partial charge in [-0.2, -0.15) is 0 Å². The summed E-state index contributed by atoms with van der Waals surface area (Å²) in [4.78, 5) is 0. The summed E-state index contributed by atoms with van der Waals surface area (Å²) in [5.74, 6) is 0. The molecule has 1 heteroatoms. The summed E-state index contributed by atoms with van der Waals surface area (Å²) < 4.78 is 0. The van der Waals surface area contributed by atoms with E-state index in [-0.39, 0.29) is 0 Å². The van der Waals surface area contributed by atoms with Crippen LogP contribution in [0.15, 0.2) is 18.2 Å². The van der Waals surface area contributed by atoms with E-state index in [4.69, 9.17) is 0 Å². The van der Waals surface area contributed by atoms with Gasteiger partial charge in [-0.3, -0.25) is 0 Å². The van der Waals surface area contributed by atoms with Crippen molar-refractivity contribution in [2.45, 2.75) is 39.3 Å². The Balaban J connectivity index is 2.41. The minimum atomic E-state index is 0.639. The highest BCUT2D eigenvalue weighted by Crippen LogP contribution is 2.21. The maximum absolute atomic E-state index is 3.49. The molecule has 1 N–H and O–H groups in total. The van der Waals surface area contributed by atoms with Gasteiger partial charge < -0.3 is 5.32 Å². The maximum atomic E-state index is 3.49. The average molecular weight is 175 g/mol. The lowest BCUT2D eigenvalue weighted by Crippen LogP contribution is -2.33. The first-order chi connectivity index (χ1) is 6.31. The lowest BCUT2D eigenvalue weighted by atomic mass is 9.91. The van der Waals surface area contributed by atoms with Gasteiger partial charge in [0.05, 0.1) is 0 Å². The van der Waals surface area contributed by atoms with Gasteiger partial charge in [-0.1, -0.05) is 25.1 Å². The number of nitrogens with one attached hydrogen (secondary N) is 1. The second kappa shape index (κ2) is 3.51. The zero-order valence-electron chi connectivity index (χ0n) is 8.43. The molecule has 1 atom stereocenters. The van der Waals surface area contributed by atoms with E-state index >= 15 is 0 Å². The Labute approximate surface area is 80.2 Å². The zero-order chi connectivity index (χ0) is 9.26. The third-order valence-electron chi connectivity index (χ3n) is 2.90. The number of fused-ring (bicyclic) bond motifs is 1. The summed E-state index contributed by atoms with van der Waals surface area (Å²) >= 11 is 0. The SMILES string of the molecule is CCc1cccc2c1C[C@@H](C)NC2. The summed E-state index contributed by atoms with van der Waals surface area (Å²) in [5, 5.41) is 3.49. The van der Waals surface area contributed by atoms with Crippen LogP contribution in [0.25, 0.3) is 0 Å². The molecule has 0 amide bonds. The Kier molecular flexibility index (Phi) is 2.36. The van der Waals surface area contributed by atoms with E-state index in [1.807, 2.05) is 0 Å². The summed E-state index contributed by atoms with van der Waals surface area (Å²) in [6, 6.07) is 7.32. The minimum Gasteiger partial charge on any atom is -0.310 e. The molecule has 0 saturated heterocycles. The fraction of sp³-hybridized carbons (Fsp3) is 0.500. The molecule has 0 radical (unpaired) electrons. The van der Waals surface area contributed by atoms with Crippen LogP contribution in [-0.2, 0) is 19.4 Å². The molecule has 0 aliphatic carbocycles. The van der Waals surface area contributed by atoms with E-state index in [1.165, 1.54) is 17.5 Å². The highest BCUT2D eigenvalue weighted by molar-refractivity contribution is 5.37.